The monoisotopic (exact) mass is 184 g/mol. The minimum Gasteiger partial charge on any atom is -0.261 e. The lowest BCUT2D eigenvalue weighted by molar-refractivity contribution is 0.857. The maximum Gasteiger partial charge on any atom is 0.0658 e. The maximum atomic E-state index is 4.29. The number of aromatic nitrogens is 2. The van der Waals surface area contributed by atoms with Gasteiger partial charge in [-0.2, -0.15) is 0 Å². The molecule has 1 heterocycles. The van der Waals surface area contributed by atoms with E-state index in [2.05, 4.69) is 29.0 Å². The number of nitrogens with zero attached hydrogens (tertiary/aromatic N) is 2. The highest BCUT2D eigenvalue weighted by atomic mass is 14.8. The molecule has 1 atom stereocenters. The summed E-state index contributed by atoms with van der Waals surface area (Å²) in [4.78, 5) is 8.36. The van der Waals surface area contributed by atoms with Crippen molar-refractivity contribution < 1.29 is 0 Å². The van der Waals surface area contributed by atoms with Crippen LogP contribution in [-0.2, 0) is 0 Å². The average Bonchev–Trinajstić information content (AvgIpc) is 2.30. The molecule has 2 aromatic rings. The molecule has 0 amide bonds. The van der Waals surface area contributed by atoms with Gasteiger partial charge in [-0.1, -0.05) is 37.3 Å². The quantitative estimate of drug-likeness (QED) is 0.717. The summed E-state index contributed by atoms with van der Waals surface area (Å²) in [5, 5.41) is 0. The predicted octanol–water partition coefficient (Wildman–Crippen LogP) is 2.63. The topological polar surface area (TPSA) is 25.8 Å². The van der Waals surface area contributed by atoms with E-state index in [0.29, 0.717) is 5.92 Å². The Morgan fingerprint density at radius 3 is 2.50 bits per heavy atom. The predicted molar refractivity (Wildman–Crippen MR) is 56.0 cm³/mol. The highest BCUT2D eigenvalue weighted by molar-refractivity contribution is 5.25. The van der Waals surface area contributed by atoms with E-state index < -0.39 is 0 Å². The number of benzene rings is 1. The standard InChI is InChI=1S/C12H12N2/c1-10(11-5-3-2-4-6-11)12-9-13-7-8-14-12/h2-10H,1H3. The largest absolute Gasteiger partial charge is 0.261 e. The summed E-state index contributed by atoms with van der Waals surface area (Å²) in [6, 6.07) is 10.3. The van der Waals surface area contributed by atoms with Crippen LogP contribution in [0.1, 0.15) is 24.1 Å². The lowest BCUT2D eigenvalue weighted by atomic mass is 9.98. The van der Waals surface area contributed by atoms with Crippen molar-refractivity contribution in [3.63, 3.8) is 0 Å². The Balaban J connectivity index is 2.30. The molecule has 70 valence electrons. The van der Waals surface area contributed by atoms with Gasteiger partial charge in [0.15, 0.2) is 0 Å². The Morgan fingerprint density at radius 1 is 1.07 bits per heavy atom. The summed E-state index contributed by atoms with van der Waals surface area (Å²) >= 11 is 0. The van der Waals surface area contributed by atoms with Gasteiger partial charge in [0, 0.05) is 24.5 Å². The summed E-state index contributed by atoms with van der Waals surface area (Å²) in [5.41, 5.74) is 2.28. The van der Waals surface area contributed by atoms with Crippen molar-refractivity contribution >= 4 is 0 Å². The van der Waals surface area contributed by atoms with E-state index in [1.54, 1.807) is 12.4 Å². The Hall–Kier alpha value is -1.70. The Bertz CT molecular complexity index is 344. The molecule has 0 N–H and O–H groups in total. The van der Waals surface area contributed by atoms with Crippen LogP contribution in [0.25, 0.3) is 0 Å². The normalized spacial score (nSPS) is 12.4. The molecular weight excluding hydrogens is 172 g/mol. The van der Waals surface area contributed by atoms with Crippen LogP contribution in [0.5, 0.6) is 0 Å². The third kappa shape index (κ3) is 1.79. The molecule has 0 bridgehead atoms. The van der Waals surface area contributed by atoms with E-state index in [-0.39, 0.29) is 0 Å². The first-order chi connectivity index (χ1) is 6.88. The van der Waals surface area contributed by atoms with Gasteiger partial charge in [0.25, 0.3) is 0 Å². The summed E-state index contributed by atoms with van der Waals surface area (Å²) in [6.45, 7) is 2.14. The van der Waals surface area contributed by atoms with Crippen LogP contribution in [0.3, 0.4) is 0 Å². The zero-order valence-electron chi connectivity index (χ0n) is 8.09. The molecule has 1 unspecified atom stereocenters. The fraction of sp³-hybridized carbons (Fsp3) is 0.167. The van der Waals surface area contributed by atoms with Gasteiger partial charge >= 0.3 is 0 Å². The lowest BCUT2D eigenvalue weighted by Crippen LogP contribution is -1.98. The molecule has 2 heteroatoms. The molecule has 2 rings (SSSR count). The molecule has 0 aliphatic heterocycles. The van der Waals surface area contributed by atoms with Crippen LogP contribution in [-0.4, -0.2) is 9.97 Å². The van der Waals surface area contributed by atoms with Crippen molar-refractivity contribution in [2.24, 2.45) is 0 Å². The molecule has 2 nitrogen and oxygen atoms in total. The van der Waals surface area contributed by atoms with E-state index in [1.165, 1.54) is 5.56 Å². The zero-order chi connectivity index (χ0) is 9.80. The average molecular weight is 184 g/mol. The fourth-order valence-corrected chi connectivity index (χ4v) is 1.45. The van der Waals surface area contributed by atoms with Crippen LogP contribution in [0.15, 0.2) is 48.9 Å². The van der Waals surface area contributed by atoms with Crippen molar-refractivity contribution in [2.45, 2.75) is 12.8 Å². The summed E-state index contributed by atoms with van der Waals surface area (Å²) in [6.07, 6.45) is 5.24. The van der Waals surface area contributed by atoms with E-state index in [9.17, 15) is 0 Å². The van der Waals surface area contributed by atoms with Gasteiger partial charge in [0.2, 0.25) is 0 Å². The van der Waals surface area contributed by atoms with Crippen LogP contribution in [0.2, 0.25) is 0 Å². The van der Waals surface area contributed by atoms with Crippen LogP contribution in [0.4, 0.5) is 0 Å². The molecule has 0 saturated carbocycles. The molecule has 1 aromatic heterocycles. The number of hydrogen-bond acceptors (Lipinski definition) is 2. The van der Waals surface area contributed by atoms with Crippen LogP contribution >= 0.6 is 0 Å². The van der Waals surface area contributed by atoms with Gasteiger partial charge in [-0.3, -0.25) is 9.97 Å². The van der Waals surface area contributed by atoms with Gasteiger partial charge in [0.1, 0.15) is 0 Å². The van der Waals surface area contributed by atoms with Crippen molar-refractivity contribution in [3.05, 3.63) is 60.2 Å². The van der Waals surface area contributed by atoms with Gasteiger partial charge in [-0.25, -0.2) is 0 Å². The van der Waals surface area contributed by atoms with E-state index in [1.807, 2.05) is 24.4 Å². The second kappa shape index (κ2) is 4.01. The summed E-state index contributed by atoms with van der Waals surface area (Å²) < 4.78 is 0. The van der Waals surface area contributed by atoms with Gasteiger partial charge in [-0.05, 0) is 5.56 Å². The van der Waals surface area contributed by atoms with Crippen molar-refractivity contribution in [1.29, 1.82) is 0 Å². The summed E-state index contributed by atoms with van der Waals surface area (Å²) in [7, 11) is 0. The molecule has 0 fully saturated rings. The van der Waals surface area contributed by atoms with E-state index in [4.69, 9.17) is 0 Å². The highest BCUT2D eigenvalue weighted by Gasteiger charge is 2.08. The second-order valence-corrected chi connectivity index (χ2v) is 3.26. The second-order valence-electron chi connectivity index (χ2n) is 3.26. The van der Waals surface area contributed by atoms with E-state index in [0.717, 1.165) is 5.69 Å². The Labute approximate surface area is 83.7 Å². The Kier molecular flexibility index (Phi) is 2.54. The first-order valence-corrected chi connectivity index (χ1v) is 4.69. The molecule has 14 heavy (non-hydrogen) atoms. The minimum absolute atomic E-state index is 0.310. The molecule has 1 aromatic carbocycles. The van der Waals surface area contributed by atoms with Crippen LogP contribution < -0.4 is 0 Å². The van der Waals surface area contributed by atoms with Crippen molar-refractivity contribution in [1.82, 2.24) is 9.97 Å². The third-order valence-corrected chi connectivity index (χ3v) is 2.33. The summed E-state index contributed by atoms with van der Waals surface area (Å²) in [5.74, 6) is 0.310. The third-order valence-electron chi connectivity index (χ3n) is 2.33. The number of hydrogen-bond donors (Lipinski definition) is 0. The number of rotatable bonds is 2. The maximum absolute atomic E-state index is 4.29. The van der Waals surface area contributed by atoms with Gasteiger partial charge in [-0.15, -0.1) is 0 Å². The van der Waals surface area contributed by atoms with Crippen LogP contribution in [0, 0.1) is 0 Å². The Morgan fingerprint density at radius 2 is 1.86 bits per heavy atom. The van der Waals surface area contributed by atoms with Crippen molar-refractivity contribution in [2.75, 3.05) is 0 Å². The first kappa shape index (κ1) is 8.88. The SMILES string of the molecule is CC(c1ccccc1)c1cnccn1. The zero-order valence-corrected chi connectivity index (χ0v) is 8.09. The highest BCUT2D eigenvalue weighted by Crippen LogP contribution is 2.20. The van der Waals surface area contributed by atoms with E-state index >= 15 is 0 Å². The molecule has 0 spiro atoms. The minimum atomic E-state index is 0.310. The van der Waals surface area contributed by atoms with Gasteiger partial charge in [0.05, 0.1) is 5.69 Å². The molecular formula is C12H12N2. The van der Waals surface area contributed by atoms with Gasteiger partial charge < -0.3 is 0 Å². The molecule has 0 saturated heterocycles. The molecule has 0 radical (unpaired) electrons. The fourth-order valence-electron chi connectivity index (χ4n) is 1.45. The first-order valence-electron chi connectivity index (χ1n) is 4.69. The molecule has 0 aliphatic rings. The van der Waals surface area contributed by atoms with Crippen molar-refractivity contribution in [3.8, 4) is 0 Å². The smallest absolute Gasteiger partial charge is 0.0658 e. The molecule has 0 aliphatic carbocycles. The lowest BCUT2D eigenvalue weighted by Gasteiger charge is -2.09.